The third-order valence-corrected chi connectivity index (χ3v) is 2.73. The van der Waals surface area contributed by atoms with Crippen LogP contribution in [0.2, 0.25) is 0 Å². The minimum Gasteiger partial charge on any atom is -0.496 e. The van der Waals surface area contributed by atoms with Crippen LogP contribution in [0.3, 0.4) is 0 Å². The summed E-state index contributed by atoms with van der Waals surface area (Å²) in [7, 11) is 1.65. The Balaban J connectivity index is 2.23. The number of rotatable bonds is 2. The van der Waals surface area contributed by atoms with Crippen molar-refractivity contribution in [2.75, 3.05) is 7.11 Å². The van der Waals surface area contributed by atoms with Crippen molar-refractivity contribution in [3.05, 3.63) is 29.8 Å². The lowest BCUT2D eigenvalue weighted by Crippen LogP contribution is -2.13. The third-order valence-electron chi connectivity index (χ3n) is 2.73. The number of methoxy groups -OCH3 is 1. The molecule has 0 unspecified atom stereocenters. The van der Waals surface area contributed by atoms with Crippen LogP contribution < -0.4 is 4.74 Å². The zero-order valence-electron chi connectivity index (χ0n) is 9.27. The van der Waals surface area contributed by atoms with E-state index in [1.54, 1.807) is 7.11 Å². The minimum atomic E-state index is -0.300. The van der Waals surface area contributed by atoms with Crippen LogP contribution in [0, 0.1) is 0 Å². The fraction of sp³-hybridized carbons (Fsp3) is 0.500. The van der Waals surface area contributed by atoms with E-state index in [9.17, 15) is 0 Å². The van der Waals surface area contributed by atoms with Gasteiger partial charge in [-0.3, -0.25) is 0 Å². The van der Waals surface area contributed by atoms with Gasteiger partial charge >= 0.3 is 0 Å². The van der Waals surface area contributed by atoms with Gasteiger partial charge in [0, 0.05) is 5.56 Å². The summed E-state index contributed by atoms with van der Waals surface area (Å²) >= 11 is 0. The van der Waals surface area contributed by atoms with E-state index in [4.69, 9.17) is 14.2 Å². The van der Waals surface area contributed by atoms with E-state index in [1.165, 1.54) is 0 Å². The van der Waals surface area contributed by atoms with Gasteiger partial charge in [-0.2, -0.15) is 0 Å². The highest BCUT2D eigenvalue weighted by atomic mass is 16.7. The lowest BCUT2D eigenvalue weighted by molar-refractivity contribution is -0.0664. The van der Waals surface area contributed by atoms with Crippen LogP contribution in [0.25, 0.3) is 0 Å². The number of benzene rings is 1. The molecule has 0 spiro atoms. The van der Waals surface area contributed by atoms with Gasteiger partial charge in [0.25, 0.3) is 0 Å². The summed E-state index contributed by atoms with van der Waals surface area (Å²) in [6, 6.07) is 7.77. The molecule has 3 heteroatoms. The summed E-state index contributed by atoms with van der Waals surface area (Å²) in [4.78, 5) is 0. The van der Waals surface area contributed by atoms with Gasteiger partial charge < -0.3 is 14.2 Å². The highest BCUT2D eigenvalue weighted by molar-refractivity contribution is 5.34. The summed E-state index contributed by atoms with van der Waals surface area (Å²) in [5, 5.41) is 0. The van der Waals surface area contributed by atoms with E-state index in [2.05, 4.69) is 0 Å². The zero-order chi connectivity index (χ0) is 10.8. The second-order valence-corrected chi connectivity index (χ2v) is 3.76. The van der Waals surface area contributed by atoms with Crippen molar-refractivity contribution in [2.45, 2.75) is 32.3 Å². The van der Waals surface area contributed by atoms with Crippen molar-refractivity contribution in [1.29, 1.82) is 0 Å². The predicted molar refractivity (Wildman–Crippen MR) is 56.8 cm³/mol. The van der Waals surface area contributed by atoms with Gasteiger partial charge in [-0.05, 0) is 19.9 Å². The highest BCUT2D eigenvalue weighted by Crippen LogP contribution is 2.35. The summed E-state index contributed by atoms with van der Waals surface area (Å²) in [6.45, 7) is 4.03. The number of hydrogen-bond donors (Lipinski definition) is 0. The topological polar surface area (TPSA) is 27.7 Å². The van der Waals surface area contributed by atoms with E-state index in [1.807, 2.05) is 38.1 Å². The maximum Gasteiger partial charge on any atom is 0.188 e. The number of para-hydroxylation sites is 1. The van der Waals surface area contributed by atoms with E-state index < -0.39 is 0 Å². The van der Waals surface area contributed by atoms with E-state index in [0.717, 1.165) is 11.3 Å². The monoisotopic (exact) mass is 208 g/mol. The van der Waals surface area contributed by atoms with Crippen LogP contribution in [0.5, 0.6) is 5.75 Å². The van der Waals surface area contributed by atoms with Crippen molar-refractivity contribution < 1.29 is 14.2 Å². The van der Waals surface area contributed by atoms with Crippen molar-refractivity contribution in [3.8, 4) is 5.75 Å². The molecule has 0 aromatic heterocycles. The molecule has 2 atom stereocenters. The van der Waals surface area contributed by atoms with Gasteiger partial charge in [-0.1, -0.05) is 18.2 Å². The maximum absolute atomic E-state index is 5.70. The molecule has 1 aliphatic rings. The smallest absolute Gasteiger partial charge is 0.188 e. The molecule has 0 bridgehead atoms. The summed E-state index contributed by atoms with van der Waals surface area (Å²) < 4.78 is 16.7. The molecule has 1 aromatic rings. The van der Waals surface area contributed by atoms with Crippen LogP contribution in [0.1, 0.15) is 25.7 Å². The Hall–Kier alpha value is -1.06. The summed E-state index contributed by atoms with van der Waals surface area (Å²) in [6.07, 6.45) is -0.0500. The fourth-order valence-electron chi connectivity index (χ4n) is 1.65. The summed E-state index contributed by atoms with van der Waals surface area (Å²) in [5.41, 5.74) is 0.955. The third kappa shape index (κ3) is 1.98. The van der Waals surface area contributed by atoms with Crippen LogP contribution in [-0.4, -0.2) is 19.3 Å². The molecule has 0 aliphatic carbocycles. The van der Waals surface area contributed by atoms with Crippen molar-refractivity contribution in [2.24, 2.45) is 0 Å². The molecule has 82 valence electrons. The van der Waals surface area contributed by atoms with Gasteiger partial charge in [-0.25, -0.2) is 0 Å². The lowest BCUT2D eigenvalue weighted by atomic mass is 10.2. The largest absolute Gasteiger partial charge is 0.496 e. The average Bonchev–Trinajstić information content (AvgIpc) is 2.59. The molecule has 1 aromatic carbocycles. The molecule has 1 saturated heterocycles. The van der Waals surface area contributed by atoms with Gasteiger partial charge in [0.15, 0.2) is 6.29 Å². The van der Waals surface area contributed by atoms with Crippen LogP contribution in [0.15, 0.2) is 24.3 Å². The molecule has 1 fully saturated rings. The van der Waals surface area contributed by atoms with E-state index >= 15 is 0 Å². The molecule has 0 N–H and O–H groups in total. The number of hydrogen-bond acceptors (Lipinski definition) is 3. The Morgan fingerprint density at radius 2 is 1.67 bits per heavy atom. The fourth-order valence-corrected chi connectivity index (χ4v) is 1.65. The van der Waals surface area contributed by atoms with Crippen LogP contribution in [-0.2, 0) is 9.47 Å². The van der Waals surface area contributed by atoms with Gasteiger partial charge in [0.05, 0.1) is 19.3 Å². The van der Waals surface area contributed by atoms with Crippen molar-refractivity contribution in [3.63, 3.8) is 0 Å². The molecule has 1 aliphatic heterocycles. The molecular weight excluding hydrogens is 192 g/mol. The standard InChI is InChI=1S/C12H16O3/c1-8-9(2)15-12(14-8)10-6-4-5-7-11(10)13-3/h4-9,12H,1-3H3/t8-,9-/m0/s1. The Morgan fingerprint density at radius 3 is 2.27 bits per heavy atom. The first-order valence-electron chi connectivity index (χ1n) is 5.16. The van der Waals surface area contributed by atoms with Gasteiger partial charge in [0.2, 0.25) is 0 Å². The second-order valence-electron chi connectivity index (χ2n) is 3.76. The van der Waals surface area contributed by atoms with Crippen LogP contribution >= 0.6 is 0 Å². The first kappa shape index (κ1) is 10.5. The molecule has 0 radical (unpaired) electrons. The number of ether oxygens (including phenoxy) is 3. The maximum atomic E-state index is 5.70. The Labute approximate surface area is 90.0 Å². The molecule has 3 nitrogen and oxygen atoms in total. The van der Waals surface area contributed by atoms with Crippen molar-refractivity contribution in [1.82, 2.24) is 0 Å². The SMILES string of the molecule is COc1ccccc1C1O[C@@H](C)[C@H](C)O1. The minimum absolute atomic E-state index is 0.125. The molecule has 2 rings (SSSR count). The quantitative estimate of drug-likeness (QED) is 0.747. The average molecular weight is 208 g/mol. The summed E-state index contributed by atoms with van der Waals surface area (Å²) in [5.74, 6) is 0.809. The molecular formula is C12H16O3. The normalized spacial score (nSPS) is 26.9. The second kappa shape index (κ2) is 4.21. The Kier molecular flexibility index (Phi) is 2.93. The van der Waals surface area contributed by atoms with Gasteiger partial charge in [-0.15, -0.1) is 0 Å². The Morgan fingerprint density at radius 1 is 1.07 bits per heavy atom. The first-order valence-corrected chi connectivity index (χ1v) is 5.16. The van der Waals surface area contributed by atoms with Crippen LogP contribution in [0.4, 0.5) is 0 Å². The van der Waals surface area contributed by atoms with E-state index in [0.29, 0.717) is 0 Å². The van der Waals surface area contributed by atoms with Crippen molar-refractivity contribution >= 4 is 0 Å². The predicted octanol–water partition coefficient (Wildman–Crippen LogP) is 2.52. The zero-order valence-corrected chi connectivity index (χ0v) is 9.27. The van der Waals surface area contributed by atoms with E-state index in [-0.39, 0.29) is 18.5 Å². The molecule has 0 saturated carbocycles. The highest BCUT2D eigenvalue weighted by Gasteiger charge is 2.32. The molecule has 0 amide bonds. The Bertz CT molecular complexity index is 327. The van der Waals surface area contributed by atoms with Gasteiger partial charge in [0.1, 0.15) is 5.75 Å². The first-order chi connectivity index (χ1) is 7.22. The molecule has 15 heavy (non-hydrogen) atoms. The lowest BCUT2D eigenvalue weighted by Gasteiger charge is -2.13. The molecule has 1 heterocycles.